The third kappa shape index (κ3) is 7.17. The Morgan fingerprint density at radius 3 is 2.56 bits per heavy atom. The molecule has 104 valence electrons. The SMILES string of the molecule is CCCCCCCCC(CCc1ccsc1)NC. The quantitative estimate of drug-likeness (QED) is 0.555. The molecule has 0 spiro atoms. The lowest BCUT2D eigenvalue weighted by atomic mass is 10.0. The molecular weight excluding hydrogens is 238 g/mol. The average Bonchev–Trinajstić information content (AvgIpc) is 2.90. The second-order valence-corrected chi connectivity index (χ2v) is 5.99. The number of aryl methyl sites for hydroxylation is 1. The molecule has 0 saturated heterocycles. The molecule has 0 saturated carbocycles. The summed E-state index contributed by atoms with van der Waals surface area (Å²) in [5.41, 5.74) is 1.50. The van der Waals surface area contributed by atoms with E-state index in [1.165, 1.54) is 63.4 Å². The van der Waals surface area contributed by atoms with Crippen LogP contribution in [-0.4, -0.2) is 13.1 Å². The van der Waals surface area contributed by atoms with E-state index in [9.17, 15) is 0 Å². The Labute approximate surface area is 117 Å². The van der Waals surface area contributed by atoms with Gasteiger partial charge in [0.25, 0.3) is 0 Å². The second-order valence-electron chi connectivity index (χ2n) is 5.21. The molecule has 18 heavy (non-hydrogen) atoms. The van der Waals surface area contributed by atoms with Crippen LogP contribution in [0.2, 0.25) is 0 Å². The van der Waals surface area contributed by atoms with Gasteiger partial charge in [0, 0.05) is 6.04 Å². The lowest BCUT2D eigenvalue weighted by Crippen LogP contribution is -2.25. The van der Waals surface area contributed by atoms with Crippen LogP contribution in [0, 0.1) is 0 Å². The summed E-state index contributed by atoms with van der Waals surface area (Å²) in [7, 11) is 2.11. The number of hydrogen-bond acceptors (Lipinski definition) is 2. The highest BCUT2D eigenvalue weighted by Crippen LogP contribution is 2.14. The Morgan fingerprint density at radius 2 is 1.89 bits per heavy atom. The zero-order chi connectivity index (χ0) is 13.1. The Hall–Kier alpha value is -0.340. The molecule has 1 unspecified atom stereocenters. The number of hydrogen-bond donors (Lipinski definition) is 1. The molecule has 0 amide bonds. The third-order valence-electron chi connectivity index (χ3n) is 3.68. The Morgan fingerprint density at radius 1 is 1.11 bits per heavy atom. The molecule has 1 N–H and O–H groups in total. The molecule has 0 aliphatic heterocycles. The van der Waals surface area contributed by atoms with E-state index in [4.69, 9.17) is 0 Å². The highest BCUT2D eigenvalue weighted by molar-refractivity contribution is 7.07. The van der Waals surface area contributed by atoms with Crippen LogP contribution in [0.15, 0.2) is 16.8 Å². The lowest BCUT2D eigenvalue weighted by Gasteiger charge is -2.15. The molecular formula is C16H29NS. The van der Waals surface area contributed by atoms with Gasteiger partial charge in [0.1, 0.15) is 0 Å². The molecule has 0 aliphatic rings. The monoisotopic (exact) mass is 267 g/mol. The summed E-state index contributed by atoms with van der Waals surface area (Å²) in [6, 6.07) is 2.96. The summed E-state index contributed by atoms with van der Waals surface area (Å²) in [5, 5.41) is 7.92. The van der Waals surface area contributed by atoms with Crippen LogP contribution in [0.1, 0.15) is 63.9 Å². The fourth-order valence-electron chi connectivity index (χ4n) is 2.38. The van der Waals surface area contributed by atoms with Crippen LogP contribution < -0.4 is 5.32 Å². The predicted molar refractivity (Wildman–Crippen MR) is 83.5 cm³/mol. The maximum Gasteiger partial charge on any atom is 0.00672 e. The molecule has 1 aromatic rings. The van der Waals surface area contributed by atoms with Gasteiger partial charge in [-0.05, 0) is 48.7 Å². The lowest BCUT2D eigenvalue weighted by molar-refractivity contribution is 0.458. The van der Waals surface area contributed by atoms with Crippen LogP contribution in [0.25, 0.3) is 0 Å². The number of thiophene rings is 1. The molecule has 0 radical (unpaired) electrons. The third-order valence-corrected chi connectivity index (χ3v) is 4.41. The maximum absolute atomic E-state index is 3.47. The van der Waals surface area contributed by atoms with Crippen molar-refractivity contribution in [2.45, 2.75) is 70.8 Å². The summed E-state index contributed by atoms with van der Waals surface area (Å²) in [4.78, 5) is 0. The summed E-state index contributed by atoms with van der Waals surface area (Å²) < 4.78 is 0. The van der Waals surface area contributed by atoms with Gasteiger partial charge in [0.2, 0.25) is 0 Å². The minimum atomic E-state index is 0.705. The Kier molecular flexibility index (Phi) is 9.23. The predicted octanol–water partition coefficient (Wildman–Crippen LogP) is 5.02. The van der Waals surface area contributed by atoms with Gasteiger partial charge in [-0.2, -0.15) is 11.3 Å². The smallest absolute Gasteiger partial charge is 0.00672 e. The van der Waals surface area contributed by atoms with Gasteiger partial charge in [0.15, 0.2) is 0 Å². The largest absolute Gasteiger partial charge is 0.317 e. The van der Waals surface area contributed by atoms with Gasteiger partial charge in [-0.15, -0.1) is 0 Å². The fourth-order valence-corrected chi connectivity index (χ4v) is 3.08. The summed E-state index contributed by atoms with van der Waals surface area (Å²) in [5.74, 6) is 0. The van der Waals surface area contributed by atoms with Crippen molar-refractivity contribution in [2.75, 3.05) is 7.05 Å². The van der Waals surface area contributed by atoms with Crippen molar-refractivity contribution in [3.05, 3.63) is 22.4 Å². The molecule has 1 heterocycles. The van der Waals surface area contributed by atoms with Crippen molar-refractivity contribution in [1.29, 1.82) is 0 Å². The van der Waals surface area contributed by atoms with Crippen LogP contribution in [0.4, 0.5) is 0 Å². The minimum Gasteiger partial charge on any atom is -0.317 e. The van der Waals surface area contributed by atoms with Crippen molar-refractivity contribution in [3.8, 4) is 0 Å². The van der Waals surface area contributed by atoms with Gasteiger partial charge in [-0.1, -0.05) is 45.4 Å². The molecule has 1 atom stereocenters. The average molecular weight is 267 g/mol. The molecule has 2 heteroatoms. The standard InChI is InChI=1S/C16H29NS/c1-3-4-5-6-7-8-9-16(17-2)11-10-15-12-13-18-14-15/h12-14,16-17H,3-11H2,1-2H3. The van der Waals surface area contributed by atoms with Gasteiger partial charge in [0.05, 0.1) is 0 Å². The van der Waals surface area contributed by atoms with Gasteiger partial charge < -0.3 is 5.32 Å². The van der Waals surface area contributed by atoms with E-state index < -0.39 is 0 Å². The van der Waals surface area contributed by atoms with Crippen molar-refractivity contribution in [3.63, 3.8) is 0 Å². The summed E-state index contributed by atoms with van der Waals surface area (Å²) >= 11 is 1.81. The van der Waals surface area contributed by atoms with E-state index in [0.29, 0.717) is 6.04 Å². The molecule has 0 aromatic carbocycles. The normalized spacial score (nSPS) is 12.8. The molecule has 1 rings (SSSR count). The van der Waals surface area contributed by atoms with Gasteiger partial charge >= 0.3 is 0 Å². The van der Waals surface area contributed by atoms with Crippen molar-refractivity contribution in [1.82, 2.24) is 5.32 Å². The Balaban J connectivity index is 2.02. The first-order valence-corrected chi connectivity index (χ1v) is 8.49. The zero-order valence-electron chi connectivity index (χ0n) is 12.1. The van der Waals surface area contributed by atoms with Crippen molar-refractivity contribution in [2.24, 2.45) is 0 Å². The molecule has 0 fully saturated rings. The van der Waals surface area contributed by atoms with Gasteiger partial charge in [-0.3, -0.25) is 0 Å². The Bertz CT molecular complexity index is 269. The van der Waals surface area contributed by atoms with E-state index in [1.807, 2.05) is 11.3 Å². The molecule has 0 bridgehead atoms. The highest BCUT2D eigenvalue weighted by atomic mass is 32.1. The first-order chi connectivity index (χ1) is 8.86. The van der Waals surface area contributed by atoms with E-state index in [-0.39, 0.29) is 0 Å². The summed E-state index contributed by atoms with van der Waals surface area (Å²) in [6.45, 7) is 2.28. The summed E-state index contributed by atoms with van der Waals surface area (Å²) in [6.07, 6.45) is 12.3. The van der Waals surface area contributed by atoms with Crippen molar-refractivity contribution < 1.29 is 0 Å². The maximum atomic E-state index is 3.47. The first-order valence-electron chi connectivity index (χ1n) is 7.55. The zero-order valence-corrected chi connectivity index (χ0v) is 12.9. The van der Waals surface area contributed by atoms with Crippen LogP contribution in [0.3, 0.4) is 0 Å². The molecule has 0 aliphatic carbocycles. The molecule has 1 nitrogen and oxygen atoms in total. The van der Waals surface area contributed by atoms with E-state index in [0.717, 1.165) is 0 Å². The number of unbranched alkanes of at least 4 members (excludes halogenated alkanes) is 5. The second kappa shape index (κ2) is 10.6. The number of rotatable bonds is 11. The van der Waals surface area contributed by atoms with E-state index in [1.54, 1.807) is 0 Å². The van der Waals surface area contributed by atoms with Crippen LogP contribution in [0.5, 0.6) is 0 Å². The van der Waals surface area contributed by atoms with E-state index >= 15 is 0 Å². The van der Waals surface area contributed by atoms with Crippen LogP contribution in [-0.2, 0) is 6.42 Å². The van der Waals surface area contributed by atoms with Crippen LogP contribution >= 0.6 is 11.3 Å². The number of nitrogens with one attached hydrogen (secondary N) is 1. The minimum absolute atomic E-state index is 0.705. The first kappa shape index (κ1) is 15.7. The fraction of sp³-hybridized carbons (Fsp3) is 0.750. The highest BCUT2D eigenvalue weighted by Gasteiger charge is 2.06. The van der Waals surface area contributed by atoms with Crippen molar-refractivity contribution >= 4 is 11.3 Å². The molecule has 1 aromatic heterocycles. The van der Waals surface area contributed by atoms with E-state index in [2.05, 4.69) is 36.1 Å². The topological polar surface area (TPSA) is 12.0 Å². The van der Waals surface area contributed by atoms with Gasteiger partial charge in [-0.25, -0.2) is 0 Å².